The van der Waals surface area contributed by atoms with Gasteiger partial charge in [0.2, 0.25) is 5.91 Å². The summed E-state index contributed by atoms with van der Waals surface area (Å²) in [7, 11) is 0. The lowest BCUT2D eigenvalue weighted by molar-refractivity contribution is -0.115. The van der Waals surface area contributed by atoms with Crippen molar-refractivity contribution in [2.24, 2.45) is 0 Å². The summed E-state index contributed by atoms with van der Waals surface area (Å²) in [6.45, 7) is 1.37. The number of hydrogen-bond acceptors (Lipinski definition) is 6. The number of carbonyl (C=O) groups excluding carboxylic acids is 2. The van der Waals surface area contributed by atoms with E-state index in [0.29, 0.717) is 16.5 Å². The van der Waals surface area contributed by atoms with Crippen molar-refractivity contribution in [3.05, 3.63) is 69.1 Å². The molecule has 0 radical (unpaired) electrons. The minimum atomic E-state index is -0.664. The standard InChI is InChI=1S/C19H15Cl2N3O3S/c1-11(25)24(14-5-3-2-4-6-14)19-23-13(10-28-19)9-27-18(26)15-7-12(20)8-16(21)17(15)22/h2-8,10H,9,22H2,1H3. The number of anilines is 3. The second-order valence-corrected chi connectivity index (χ2v) is 7.42. The zero-order valence-electron chi connectivity index (χ0n) is 14.7. The van der Waals surface area contributed by atoms with Crippen molar-refractivity contribution < 1.29 is 14.3 Å². The molecule has 0 bridgehead atoms. The van der Waals surface area contributed by atoms with E-state index in [1.807, 2.05) is 30.3 Å². The SMILES string of the molecule is CC(=O)N(c1ccccc1)c1nc(COC(=O)c2cc(Cl)cc(Cl)c2N)cs1. The molecule has 2 N–H and O–H groups in total. The number of carbonyl (C=O) groups is 2. The second-order valence-electron chi connectivity index (χ2n) is 5.74. The van der Waals surface area contributed by atoms with Gasteiger partial charge in [0.05, 0.1) is 27.7 Å². The van der Waals surface area contributed by atoms with E-state index < -0.39 is 5.97 Å². The molecule has 0 saturated carbocycles. The number of hydrogen-bond donors (Lipinski definition) is 1. The lowest BCUT2D eigenvalue weighted by Crippen LogP contribution is -2.22. The molecule has 3 aromatic rings. The van der Waals surface area contributed by atoms with Gasteiger partial charge in [-0.05, 0) is 24.3 Å². The van der Waals surface area contributed by atoms with Gasteiger partial charge in [-0.1, -0.05) is 41.4 Å². The van der Waals surface area contributed by atoms with E-state index in [1.165, 1.54) is 35.3 Å². The number of thiazole rings is 1. The quantitative estimate of drug-likeness (QED) is 0.446. The van der Waals surface area contributed by atoms with Crippen LogP contribution in [0.25, 0.3) is 0 Å². The van der Waals surface area contributed by atoms with E-state index in [1.54, 1.807) is 5.38 Å². The van der Waals surface area contributed by atoms with E-state index in [2.05, 4.69) is 4.98 Å². The first-order valence-corrected chi connectivity index (χ1v) is 9.72. The zero-order valence-corrected chi connectivity index (χ0v) is 17.0. The molecule has 0 aliphatic carbocycles. The molecule has 0 atom stereocenters. The maximum absolute atomic E-state index is 12.3. The Morgan fingerprint density at radius 3 is 2.61 bits per heavy atom. The molecule has 2 aromatic carbocycles. The van der Waals surface area contributed by atoms with Crippen molar-refractivity contribution in [3.8, 4) is 0 Å². The molecular weight excluding hydrogens is 421 g/mol. The minimum Gasteiger partial charge on any atom is -0.455 e. The first-order chi connectivity index (χ1) is 13.4. The van der Waals surface area contributed by atoms with Crippen LogP contribution in [-0.4, -0.2) is 16.9 Å². The molecule has 0 aliphatic rings. The van der Waals surface area contributed by atoms with Crippen molar-refractivity contribution in [1.29, 1.82) is 0 Å². The van der Waals surface area contributed by atoms with Crippen LogP contribution in [0.2, 0.25) is 10.0 Å². The van der Waals surface area contributed by atoms with Crippen LogP contribution in [-0.2, 0) is 16.1 Å². The third-order valence-corrected chi connectivity index (χ3v) is 5.13. The van der Waals surface area contributed by atoms with Crippen LogP contribution in [0.3, 0.4) is 0 Å². The second kappa shape index (κ2) is 8.60. The monoisotopic (exact) mass is 435 g/mol. The van der Waals surface area contributed by atoms with Gasteiger partial charge in [-0.15, -0.1) is 11.3 Å². The van der Waals surface area contributed by atoms with Gasteiger partial charge in [-0.2, -0.15) is 0 Å². The van der Waals surface area contributed by atoms with Gasteiger partial charge >= 0.3 is 5.97 Å². The van der Waals surface area contributed by atoms with E-state index >= 15 is 0 Å². The first-order valence-electron chi connectivity index (χ1n) is 8.08. The Morgan fingerprint density at radius 2 is 1.93 bits per heavy atom. The van der Waals surface area contributed by atoms with E-state index in [0.717, 1.165) is 0 Å². The lowest BCUT2D eigenvalue weighted by Gasteiger charge is -2.17. The largest absolute Gasteiger partial charge is 0.455 e. The molecule has 0 spiro atoms. The number of aromatic nitrogens is 1. The van der Waals surface area contributed by atoms with Crippen LogP contribution >= 0.6 is 34.5 Å². The zero-order chi connectivity index (χ0) is 20.3. The topological polar surface area (TPSA) is 85.5 Å². The normalized spacial score (nSPS) is 10.5. The highest BCUT2D eigenvalue weighted by molar-refractivity contribution is 7.14. The Morgan fingerprint density at radius 1 is 1.21 bits per heavy atom. The number of nitrogens with zero attached hydrogens (tertiary/aromatic N) is 2. The number of para-hydroxylation sites is 1. The molecule has 0 saturated heterocycles. The predicted octanol–water partition coefficient (Wildman–Crippen LogP) is 5.07. The van der Waals surface area contributed by atoms with Crippen molar-refractivity contribution in [2.45, 2.75) is 13.5 Å². The molecule has 0 unspecified atom stereocenters. The number of amides is 1. The Balaban J connectivity index is 1.74. The number of benzene rings is 2. The molecule has 9 heteroatoms. The number of rotatable bonds is 5. The first kappa shape index (κ1) is 20.1. The summed E-state index contributed by atoms with van der Waals surface area (Å²) in [5.41, 5.74) is 7.20. The summed E-state index contributed by atoms with van der Waals surface area (Å²) in [5.74, 6) is -0.839. The van der Waals surface area contributed by atoms with Gasteiger partial charge in [-0.3, -0.25) is 9.69 Å². The van der Waals surface area contributed by atoms with Crippen molar-refractivity contribution in [1.82, 2.24) is 4.98 Å². The van der Waals surface area contributed by atoms with Crippen LogP contribution in [0.15, 0.2) is 47.8 Å². The molecule has 1 aromatic heterocycles. The average molecular weight is 436 g/mol. The number of ether oxygens (including phenoxy) is 1. The van der Waals surface area contributed by atoms with E-state index in [4.69, 9.17) is 33.7 Å². The Kier molecular flexibility index (Phi) is 6.18. The summed E-state index contributed by atoms with van der Waals surface area (Å²) in [4.78, 5) is 30.3. The molecule has 3 rings (SSSR count). The number of nitrogens with two attached hydrogens (primary N) is 1. The van der Waals surface area contributed by atoms with Crippen molar-refractivity contribution in [2.75, 3.05) is 10.6 Å². The molecule has 1 heterocycles. The minimum absolute atomic E-state index is 0.0839. The van der Waals surface area contributed by atoms with E-state index in [9.17, 15) is 9.59 Å². The fourth-order valence-electron chi connectivity index (χ4n) is 2.44. The van der Waals surface area contributed by atoms with Gasteiger partial charge in [0.1, 0.15) is 6.61 Å². The fourth-order valence-corrected chi connectivity index (χ4v) is 3.81. The lowest BCUT2D eigenvalue weighted by atomic mass is 10.2. The van der Waals surface area contributed by atoms with Gasteiger partial charge in [-0.25, -0.2) is 9.78 Å². The Labute approximate surface area is 175 Å². The molecule has 28 heavy (non-hydrogen) atoms. The highest BCUT2D eigenvalue weighted by Crippen LogP contribution is 2.30. The Hall–Kier alpha value is -2.61. The summed E-state index contributed by atoms with van der Waals surface area (Å²) >= 11 is 13.1. The number of nitrogen functional groups attached to an aromatic ring is 1. The smallest absolute Gasteiger partial charge is 0.340 e. The summed E-state index contributed by atoms with van der Waals surface area (Å²) in [6.07, 6.45) is 0. The van der Waals surface area contributed by atoms with Gasteiger partial charge in [0.15, 0.2) is 5.13 Å². The molecule has 0 fully saturated rings. The summed E-state index contributed by atoms with van der Waals surface area (Å²) < 4.78 is 5.27. The van der Waals surface area contributed by atoms with Gasteiger partial charge in [0, 0.05) is 17.3 Å². The van der Waals surface area contributed by atoms with E-state index in [-0.39, 0.29) is 33.8 Å². The summed E-state index contributed by atoms with van der Waals surface area (Å²) in [6, 6.07) is 12.0. The van der Waals surface area contributed by atoms with Crippen LogP contribution in [0.4, 0.5) is 16.5 Å². The van der Waals surface area contributed by atoms with Crippen LogP contribution in [0.1, 0.15) is 23.0 Å². The maximum atomic E-state index is 12.3. The highest BCUT2D eigenvalue weighted by Gasteiger charge is 2.19. The number of esters is 1. The third kappa shape index (κ3) is 4.44. The predicted molar refractivity (Wildman–Crippen MR) is 111 cm³/mol. The van der Waals surface area contributed by atoms with Crippen molar-refractivity contribution >= 4 is 62.9 Å². The Bertz CT molecular complexity index is 1020. The molecule has 6 nitrogen and oxygen atoms in total. The van der Waals surface area contributed by atoms with Crippen LogP contribution in [0, 0.1) is 0 Å². The average Bonchev–Trinajstić information content (AvgIpc) is 3.11. The third-order valence-electron chi connectivity index (χ3n) is 3.73. The maximum Gasteiger partial charge on any atom is 0.340 e. The van der Waals surface area contributed by atoms with Gasteiger partial charge < -0.3 is 10.5 Å². The fraction of sp³-hybridized carbons (Fsp3) is 0.105. The molecular formula is C19H15Cl2N3O3S. The van der Waals surface area contributed by atoms with Gasteiger partial charge in [0.25, 0.3) is 0 Å². The highest BCUT2D eigenvalue weighted by atomic mass is 35.5. The van der Waals surface area contributed by atoms with Crippen LogP contribution < -0.4 is 10.6 Å². The molecule has 0 aliphatic heterocycles. The van der Waals surface area contributed by atoms with Crippen LogP contribution in [0.5, 0.6) is 0 Å². The molecule has 144 valence electrons. The van der Waals surface area contributed by atoms with Crippen molar-refractivity contribution in [3.63, 3.8) is 0 Å². The summed E-state index contributed by atoms with van der Waals surface area (Å²) in [5, 5.41) is 2.66. The molecule has 1 amide bonds. The number of halogens is 2.